The van der Waals surface area contributed by atoms with Crippen LogP contribution in [0.25, 0.3) is 0 Å². The van der Waals surface area contributed by atoms with E-state index < -0.39 is 31.5 Å². The van der Waals surface area contributed by atoms with Crippen molar-refractivity contribution < 1.29 is 36.7 Å². The molecule has 0 unspecified atom stereocenters. The molecule has 0 bridgehead atoms. The van der Waals surface area contributed by atoms with Crippen LogP contribution in [-0.4, -0.2) is 37.9 Å². The predicted octanol–water partition coefficient (Wildman–Crippen LogP) is 4.24. The van der Waals surface area contributed by atoms with Crippen LogP contribution in [0.15, 0.2) is 47.6 Å². The third-order valence-electron chi connectivity index (χ3n) is 3.71. The van der Waals surface area contributed by atoms with Gasteiger partial charge in [-0.25, -0.2) is 13.6 Å². The highest BCUT2D eigenvalue weighted by atomic mass is 35.5. The van der Waals surface area contributed by atoms with Crippen LogP contribution in [0.5, 0.6) is 5.75 Å². The van der Waals surface area contributed by atoms with Crippen molar-refractivity contribution in [2.45, 2.75) is 19.0 Å². The van der Waals surface area contributed by atoms with Crippen molar-refractivity contribution in [1.29, 1.82) is 0 Å². The van der Waals surface area contributed by atoms with Gasteiger partial charge in [0.05, 0.1) is 24.8 Å². The number of methoxy groups -OCH3 is 1. The second-order valence-corrected chi connectivity index (χ2v) is 6.39. The van der Waals surface area contributed by atoms with Crippen LogP contribution in [0.4, 0.5) is 17.6 Å². The SMILES string of the molecule is COc1ccc(Cl)cc1/C(N)=N/OC(=O)c1cccc(COCC(F)(F)C(F)F)c1. The van der Waals surface area contributed by atoms with Gasteiger partial charge in [-0.3, -0.25) is 0 Å². The summed E-state index contributed by atoms with van der Waals surface area (Å²) in [6, 6.07) is 10.2. The first-order valence-electron chi connectivity index (χ1n) is 8.35. The van der Waals surface area contributed by atoms with Crippen LogP contribution >= 0.6 is 11.6 Å². The van der Waals surface area contributed by atoms with Gasteiger partial charge in [-0.2, -0.15) is 8.78 Å². The summed E-state index contributed by atoms with van der Waals surface area (Å²) in [4.78, 5) is 17.0. The van der Waals surface area contributed by atoms with Crippen molar-refractivity contribution in [2.24, 2.45) is 10.9 Å². The maximum Gasteiger partial charge on any atom is 0.365 e. The summed E-state index contributed by atoms with van der Waals surface area (Å²) in [7, 11) is 1.41. The molecule has 0 heterocycles. The molecule has 6 nitrogen and oxygen atoms in total. The number of halogens is 5. The molecule has 0 fully saturated rings. The number of nitrogens with zero attached hydrogens (tertiary/aromatic N) is 1. The molecular formula is C19H17ClF4N2O4. The summed E-state index contributed by atoms with van der Waals surface area (Å²) >= 11 is 5.91. The molecule has 0 aliphatic carbocycles. The molecule has 0 saturated heterocycles. The number of amidine groups is 1. The summed E-state index contributed by atoms with van der Waals surface area (Å²) in [5.41, 5.74) is 6.43. The second kappa shape index (κ2) is 10.3. The van der Waals surface area contributed by atoms with Crippen molar-refractivity contribution in [2.75, 3.05) is 13.7 Å². The minimum Gasteiger partial charge on any atom is -0.496 e. The fourth-order valence-corrected chi connectivity index (χ4v) is 2.40. The number of rotatable bonds is 9. The highest BCUT2D eigenvalue weighted by Gasteiger charge is 2.40. The van der Waals surface area contributed by atoms with Gasteiger partial charge in [-0.05, 0) is 35.9 Å². The number of hydrogen-bond donors (Lipinski definition) is 1. The van der Waals surface area contributed by atoms with Crippen molar-refractivity contribution in [3.63, 3.8) is 0 Å². The molecule has 30 heavy (non-hydrogen) atoms. The fraction of sp³-hybridized carbons (Fsp3) is 0.263. The zero-order valence-corrected chi connectivity index (χ0v) is 16.3. The van der Waals surface area contributed by atoms with E-state index in [0.717, 1.165) is 0 Å². The third kappa shape index (κ3) is 6.33. The lowest BCUT2D eigenvalue weighted by atomic mass is 10.1. The van der Waals surface area contributed by atoms with Crippen LogP contribution in [0.2, 0.25) is 5.02 Å². The molecule has 0 saturated carbocycles. The topological polar surface area (TPSA) is 83.1 Å². The summed E-state index contributed by atoms with van der Waals surface area (Å²) in [6.45, 7) is -1.86. The van der Waals surface area contributed by atoms with Gasteiger partial charge in [0.1, 0.15) is 12.4 Å². The Labute approximate surface area is 174 Å². The molecule has 0 aliphatic rings. The lowest BCUT2D eigenvalue weighted by molar-refractivity contribution is -0.168. The van der Waals surface area contributed by atoms with E-state index in [9.17, 15) is 22.4 Å². The van der Waals surface area contributed by atoms with Gasteiger partial charge in [0.2, 0.25) is 0 Å². The molecule has 2 N–H and O–H groups in total. The maximum atomic E-state index is 12.9. The molecule has 0 spiro atoms. The summed E-state index contributed by atoms with van der Waals surface area (Å²) in [5.74, 6) is -4.96. The van der Waals surface area contributed by atoms with Gasteiger partial charge >= 0.3 is 18.3 Å². The van der Waals surface area contributed by atoms with E-state index in [4.69, 9.17) is 26.9 Å². The van der Waals surface area contributed by atoms with Crippen LogP contribution < -0.4 is 10.5 Å². The zero-order valence-electron chi connectivity index (χ0n) is 15.6. The Morgan fingerprint density at radius 2 is 1.97 bits per heavy atom. The van der Waals surface area contributed by atoms with Gasteiger partial charge < -0.3 is 20.0 Å². The number of benzene rings is 2. The van der Waals surface area contributed by atoms with E-state index in [0.29, 0.717) is 21.9 Å². The minimum absolute atomic E-state index is 0.0197. The van der Waals surface area contributed by atoms with Crippen molar-refractivity contribution in [3.8, 4) is 5.75 Å². The van der Waals surface area contributed by atoms with Gasteiger partial charge in [0, 0.05) is 5.02 Å². The smallest absolute Gasteiger partial charge is 0.365 e. The number of carbonyl (C=O) groups is 1. The van der Waals surface area contributed by atoms with Gasteiger partial charge in [0.25, 0.3) is 0 Å². The first-order valence-corrected chi connectivity index (χ1v) is 8.73. The highest BCUT2D eigenvalue weighted by Crippen LogP contribution is 2.24. The molecule has 0 aliphatic heterocycles. The van der Waals surface area contributed by atoms with Gasteiger partial charge in [-0.1, -0.05) is 28.9 Å². The van der Waals surface area contributed by atoms with Gasteiger partial charge in [0.15, 0.2) is 5.84 Å². The number of alkyl halides is 4. The zero-order chi connectivity index (χ0) is 22.3. The summed E-state index contributed by atoms with van der Waals surface area (Å²) < 4.78 is 59.7. The van der Waals surface area contributed by atoms with Crippen LogP contribution in [0.1, 0.15) is 21.5 Å². The second-order valence-electron chi connectivity index (χ2n) is 5.95. The molecule has 0 atom stereocenters. The van der Waals surface area contributed by atoms with Crippen LogP contribution in [0, 0.1) is 0 Å². The molecule has 2 rings (SSSR count). The Bertz CT molecular complexity index is 925. The first kappa shape index (κ1) is 23.4. The quantitative estimate of drug-likeness (QED) is 0.204. The monoisotopic (exact) mass is 448 g/mol. The highest BCUT2D eigenvalue weighted by molar-refractivity contribution is 6.31. The fourth-order valence-electron chi connectivity index (χ4n) is 2.23. The maximum absolute atomic E-state index is 12.9. The van der Waals surface area contributed by atoms with E-state index in [1.807, 2.05) is 0 Å². The summed E-state index contributed by atoms with van der Waals surface area (Å²) in [6.07, 6.45) is -3.83. The number of oxime groups is 1. The van der Waals surface area contributed by atoms with E-state index in [-0.39, 0.29) is 11.4 Å². The molecule has 0 aromatic heterocycles. The minimum atomic E-state index is -4.26. The summed E-state index contributed by atoms with van der Waals surface area (Å²) in [5, 5.41) is 3.92. The predicted molar refractivity (Wildman–Crippen MR) is 101 cm³/mol. The van der Waals surface area contributed by atoms with E-state index >= 15 is 0 Å². The Morgan fingerprint density at radius 1 is 1.23 bits per heavy atom. The Balaban J connectivity index is 2.03. The van der Waals surface area contributed by atoms with E-state index in [2.05, 4.69) is 9.89 Å². The first-order chi connectivity index (χ1) is 14.1. The normalized spacial score (nSPS) is 12.2. The number of nitrogens with two attached hydrogens (primary N) is 1. The Morgan fingerprint density at radius 3 is 2.63 bits per heavy atom. The lowest BCUT2D eigenvalue weighted by Gasteiger charge is -2.15. The molecular weight excluding hydrogens is 432 g/mol. The third-order valence-corrected chi connectivity index (χ3v) is 3.94. The average Bonchev–Trinajstić information content (AvgIpc) is 2.71. The molecule has 0 amide bonds. The van der Waals surface area contributed by atoms with E-state index in [1.165, 1.54) is 37.4 Å². The number of carbonyl (C=O) groups excluding carboxylic acids is 1. The Kier molecular flexibility index (Phi) is 8.01. The van der Waals surface area contributed by atoms with Crippen LogP contribution in [-0.2, 0) is 16.2 Å². The van der Waals surface area contributed by atoms with E-state index in [1.54, 1.807) is 12.1 Å². The molecule has 162 valence electrons. The van der Waals surface area contributed by atoms with Crippen molar-refractivity contribution >= 4 is 23.4 Å². The number of ether oxygens (including phenoxy) is 2. The van der Waals surface area contributed by atoms with Crippen LogP contribution in [0.3, 0.4) is 0 Å². The molecule has 2 aromatic carbocycles. The standard InChI is InChI=1S/C19H17ClF4N2O4/c1-28-15-6-5-13(20)8-14(15)16(25)26-30-17(27)12-4-2-3-11(7-12)9-29-10-19(23,24)18(21)22/h2-8,18H,9-10H2,1H3,(H2,25,26). The number of hydrogen-bond acceptors (Lipinski definition) is 5. The average molecular weight is 449 g/mol. The largest absolute Gasteiger partial charge is 0.496 e. The van der Waals surface area contributed by atoms with Gasteiger partial charge in [-0.15, -0.1) is 0 Å². The molecule has 2 aromatic rings. The molecule has 11 heteroatoms. The molecule has 0 radical (unpaired) electrons. The van der Waals surface area contributed by atoms with Crippen molar-refractivity contribution in [3.05, 3.63) is 64.2 Å². The lowest BCUT2D eigenvalue weighted by Crippen LogP contribution is -2.32. The van der Waals surface area contributed by atoms with Crippen molar-refractivity contribution in [1.82, 2.24) is 0 Å². The Hall–Kier alpha value is -2.85.